The minimum Gasteiger partial charge on any atom is -0.341 e. The Morgan fingerprint density at radius 3 is 2.75 bits per heavy atom. The van der Waals surface area contributed by atoms with Gasteiger partial charge in [-0.05, 0) is 60.2 Å². The number of benzene rings is 2. The van der Waals surface area contributed by atoms with E-state index >= 15 is 0 Å². The first kappa shape index (κ1) is 18.7. The van der Waals surface area contributed by atoms with E-state index in [1.165, 1.54) is 41.4 Å². The zero-order chi connectivity index (χ0) is 19.5. The van der Waals surface area contributed by atoms with Crippen LogP contribution in [0.3, 0.4) is 0 Å². The Bertz CT molecular complexity index is 984. The van der Waals surface area contributed by atoms with Crippen LogP contribution in [0.4, 0.5) is 4.39 Å². The Balaban J connectivity index is 1.46. The summed E-state index contributed by atoms with van der Waals surface area (Å²) >= 11 is 1.54. The van der Waals surface area contributed by atoms with Crippen LogP contribution in [-0.2, 0) is 24.7 Å². The van der Waals surface area contributed by atoms with Crippen molar-refractivity contribution < 1.29 is 9.18 Å². The highest BCUT2D eigenvalue weighted by molar-refractivity contribution is 8.00. The number of hydrogen-bond acceptors (Lipinski definition) is 3. The van der Waals surface area contributed by atoms with Gasteiger partial charge in [0.15, 0.2) is 0 Å². The van der Waals surface area contributed by atoms with Crippen LogP contribution in [0.2, 0.25) is 0 Å². The van der Waals surface area contributed by atoms with E-state index in [0.717, 1.165) is 23.3 Å². The molecule has 0 spiro atoms. The predicted octanol–water partition coefficient (Wildman–Crippen LogP) is 4.05. The van der Waals surface area contributed by atoms with Crippen molar-refractivity contribution in [3.63, 3.8) is 0 Å². The first-order chi connectivity index (χ1) is 13.6. The summed E-state index contributed by atoms with van der Waals surface area (Å²) in [5, 5.41) is 3.05. The van der Waals surface area contributed by atoms with Gasteiger partial charge in [0.1, 0.15) is 17.7 Å². The topological polar surface area (TPSA) is 46.9 Å². The lowest BCUT2D eigenvalue weighted by molar-refractivity contribution is -0.119. The van der Waals surface area contributed by atoms with Crippen LogP contribution in [-0.4, -0.2) is 21.2 Å². The number of rotatable bonds is 6. The molecule has 0 fully saturated rings. The van der Waals surface area contributed by atoms with Crippen LogP contribution in [0, 0.1) is 5.82 Å². The lowest BCUT2D eigenvalue weighted by Crippen LogP contribution is -2.32. The molecule has 2 aromatic carbocycles. The molecule has 4 rings (SSSR count). The number of thioether (sulfide) groups is 1. The van der Waals surface area contributed by atoms with Crippen molar-refractivity contribution in [2.45, 2.75) is 30.2 Å². The Labute approximate surface area is 168 Å². The van der Waals surface area contributed by atoms with Crippen LogP contribution in [0.15, 0.2) is 59.8 Å². The fourth-order valence-electron chi connectivity index (χ4n) is 3.60. The second kappa shape index (κ2) is 8.19. The quantitative estimate of drug-likeness (QED) is 0.641. The fraction of sp³-hybridized carbons (Fsp3) is 0.273. The normalized spacial score (nSPS) is 13.9. The highest BCUT2D eigenvalue weighted by Crippen LogP contribution is 2.28. The average molecular weight is 396 g/mol. The second-order valence-corrected chi connectivity index (χ2v) is 8.07. The number of halogens is 1. The molecule has 1 amide bonds. The zero-order valence-corrected chi connectivity index (χ0v) is 16.5. The van der Waals surface area contributed by atoms with Gasteiger partial charge in [0, 0.05) is 24.3 Å². The maximum atomic E-state index is 13.3. The molecule has 0 aliphatic heterocycles. The molecule has 0 radical (unpaired) electrons. The molecule has 0 saturated carbocycles. The van der Waals surface area contributed by atoms with Crippen LogP contribution >= 0.6 is 11.8 Å². The predicted molar refractivity (Wildman–Crippen MR) is 109 cm³/mol. The monoisotopic (exact) mass is 395 g/mol. The van der Waals surface area contributed by atoms with E-state index in [9.17, 15) is 9.18 Å². The van der Waals surface area contributed by atoms with Crippen molar-refractivity contribution in [3.8, 4) is 0 Å². The smallest absolute Gasteiger partial charge is 0.231 e. The third-order valence-corrected chi connectivity index (χ3v) is 6.06. The first-order valence-corrected chi connectivity index (χ1v) is 10.4. The zero-order valence-electron chi connectivity index (χ0n) is 15.7. The molecular formula is C22H22FN3OS. The maximum Gasteiger partial charge on any atom is 0.231 e. The van der Waals surface area contributed by atoms with Crippen LogP contribution in [0.1, 0.15) is 35.0 Å². The van der Waals surface area contributed by atoms with E-state index in [1.54, 1.807) is 18.3 Å². The molecule has 3 aromatic rings. The van der Waals surface area contributed by atoms with E-state index in [4.69, 9.17) is 0 Å². The number of fused-ring (bicyclic) bond motifs is 1. The summed E-state index contributed by atoms with van der Waals surface area (Å²) in [6.07, 6.45) is 7.02. The number of hydrogen-bond donors (Lipinski definition) is 1. The second-order valence-electron chi connectivity index (χ2n) is 7.02. The summed E-state index contributed by atoms with van der Waals surface area (Å²) in [7, 11) is 1.88. The van der Waals surface area contributed by atoms with Gasteiger partial charge in [0.25, 0.3) is 0 Å². The number of nitrogens with zero attached hydrogens (tertiary/aromatic N) is 2. The number of aromatic nitrogens is 2. The molecule has 4 nitrogen and oxygen atoms in total. The minimum absolute atomic E-state index is 0.0807. The largest absolute Gasteiger partial charge is 0.341 e. The SMILES string of the molecule is Cn1ccnc1C(NC(=O)CSc1ccc2c(c1)CCC2)c1ccc(F)cc1. The molecule has 0 bridgehead atoms. The van der Waals surface area contributed by atoms with Gasteiger partial charge in [0.2, 0.25) is 5.91 Å². The molecule has 144 valence electrons. The van der Waals surface area contributed by atoms with E-state index < -0.39 is 6.04 Å². The van der Waals surface area contributed by atoms with Crippen molar-refractivity contribution in [2.75, 3.05) is 5.75 Å². The molecule has 1 heterocycles. The highest BCUT2D eigenvalue weighted by Gasteiger charge is 2.21. The molecule has 1 N–H and O–H groups in total. The summed E-state index contributed by atoms with van der Waals surface area (Å²) in [5.74, 6) is 0.645. The third kappa shape index (κ3) is 4.12. The van der Waals surface area contributed by atoms with Crippen molar-refractivity contribution in [2.24, 2.45) is 7.05 Å². The van der Waals surface area contributed by atoms with E-state index in [-0.39, 0.29) is 11.7 Å². The molecule has 1 aromatic heterocycles. The summed E-state index contributed by atoms with van der Waals surface area (Å²) in [6.45, 7) is 0. The molecular weight excluding hydrogens is 373 g/mol. The summed E-state index contributed by atoms with van der Waals surface area (Å²) < 4.78 is 15.2. The summed E-state index contributed by atoms with van der Waals surface area (Å²) in [5.41, 5.74) is 3.63. The Morgan fingerprint density at radius 2 is 2.00 bits per heavy atom. The molecule has 1 atom stereocenters. The molecule has 0 saturated heterocycles. The third-order valence-electron chi connectivity index (χ3n) is 5.07. The van der Waals surface area contributed by atoms with Gasteiger partial charge < -0.3 is 9.88 Å². The van der Waals surface area contributed by atoms with E-state index in [1.807, 2.05) is 17.8 Å². The van der Waals surface area contributed by atoms with Crippen LogP contribution in [0.5, 0.6) is 0 Å². The fourth-order valence-corrected chi connectivity index (χ4v) is 4.37. The highest BCUT2D eigenvalue weighted by atomic mass is 32.2. The molecule has 1 aliphatic carbocycles. The Hall–Kier alpha value is -2.60. The average Bonchev–Trinajstić information content (AvgIpc) is 3.33. The van der Waals surface area contributed by atoms with E-state index in [2.05, 4.69) is 28.5 Å². The van der Waals surface area contributed by atoms with Gasteiger partial charge in [-0.25, -0.2) is 9.37 Å². The van der Waals surface area contributed by atoms with Gasteiger partial charge in [0.05, 0.1) is 5.75 Å². The maximum absolute atomic E-state index is 13.3. The van der Waals surface area contributed by atoms with Gasteiger partial charge in [-0.1, -0.05) is 18.2 Å². The molecule has 1 unspecified atom stereocenters. The van der Waals surface area contributed by atoms with Crippen molar-refractivity contribution >= 4 is 17.7 Å². The van der Waals surface area contributed by atoms with Crippen LogP contribution in [0.25, 0.3) is 0 Å². The van der Waals surface area contributed by atoms with Gasteiger partial charge in [-0.3, -0.25) is 4.79 Å². The number of nitrogens with one attached hydrogen (secondary N) is 1. The van der Waals surface area contributed by atoms with Crippen molar-refractivity contribution in [3.05, 3.63) is 83.2 Å². The summed E-state index contributed by atoms with van der Waals surface area (Å²) in [6, 6.07) is 12.2. The first-order valence-electron chi connectivity index (χ1n) is 9.37. The Morgan fingerprint density at radius 1 is 1.21 bits per heavy atom. The standard InChI is InChI=1S/C22H22FN3OS/c1-26-12-11-24-22(26)21(16-5-8-18(23)9-6-16)25-20(27)14-28-19-10-7-15-3-2-4-17(15)13-19/h5-13,21H,2-4,14H2,1H3,(H,25,27). The molecule has 28 heavy (non-hydrogen) atoms. The Kier molecular flexibility index (Phi) is 5.48. The van der Waals surface area contributed by atoms with Gasteiger partial charge in [-0.2, -0.15) is 0 Å². The lowest BCUT2D eigenvalue weighted by atomic mass is 10.1. The van der Waals surface area contributed by atoms with Crippen molar-refractivity contribution in [1.82, 2.24) is 14.9 Å². The number of carbonyl (C=O) groups is 1. The number of imidazole rings is 1. The van der Waals surface area contributed by atoms with Gasteiger partial charge in [-0.15, -0.1) is 11.8 Å². The number of carbonyl (C=O) groups excluding carboxylic acids is 1. The number of aryl methyl sites for hydroxylation is 3. The lowest BCUT2D eigenvalue weighted by Gasteiger charge is -2.19. The molecule has 1 aliphatic rings. The summed E-state index contributed by atoms with van der Waals surface area (Å²) in [4.78, 5) is 18.2. The minimum atomic E-state index is -0.422. The van der Waals surface area contributed by atoms with E-state index in [0.29, 0.717) is 11.6 Å². The van der Waals surface area contributed by atoms with Crippen molar-refractivity contribution in [1.29, 1.82) is 0 Å². The van der Waals surface area contributed by atoms with Crippen LogP contribution < -0.4 is 5.32 Å². The number of amides is 1. The van der Waals surface area contributed by atoms with Gasteiger partial charge >= 0.3 is 0 Å². The molecule has 6 heteroatoms.